The molecule has 1 saturated carbocycles. The molecule has 0 unspecified atom stereocenters. The number of aromatic nitrogens is 2. The van der Waals surface area contributed by atoms with Crippen molar-refractivity contribution in [3.63, 3.8) is 0 Å². The van der Waals surface area contributed by atoms with Crippen molar-refractivity contribution in [1.29, 1.82) is 0 Å². The van der Waals surface area contributed by atoms with E-state index in [2.05, 4.69) is 15.5 Å². The van der Waals surface area contributed by atoms with Gasteiger partial charge in [-0.05, 0) is 51.4 Å². The largest absolute Gasteiger partial charge is 0.362 e. The van der Waals surface area contributed by atoms with Crippen LogP contribution in [0.1, 0.15) is 59.5 Å². The zero-order valence-corrected chi connectivity index (χ0v) is 20.7. The molecule has 2 aliphatic rings. The lowest BCUT2D eigenvalue weighted by molar-refractivity contribution is 0.0931. The fourth-order valence-corrected chi connectivity index (χ4v) is 6.04. The molecule has 2 heterocycles. The molecule has 0 radical (unpaired) electrons. The minimum Gasteiger partial charge on any atom is -0.362 e. The lowest BCUT2D eigenvalue weighted by atomic mass is 9.91. The number of hydrogen-bond acceptors (Lipinski definition) is 6. The van der Waals surface area contributed by atoms with E-state index in [1.807, 2.05) is 14.1 Å². The van der Waals surface area contributed by atoms with Gasteiger partial charge < -0.3 is 15.5 Å². The highest BCUT2D eigenvalue weighted by Crippen LogP contribution is 2.40. The summed E-state index contributed by atoms with van der Waals surface area (Å²) in [5.74, 6) is 1.53. The molecule has 1 fully saturated rings. The number of nitrogens with one attached hydrogen (secondary N) is 2. The summed E-state index contributed by atoms with van der Waals surface area (Å²) < 4.78 is 0.340. The predicted molar refractivity (Wildman–Crippen MR) is 129 cm³/mol. The first-order valence-electron chi connectivity index (χ1n) is 10.6. The van der Waals surface area contributed by atoms with Gasteiger partial charge in [0.2, 0.25) is 5.95 Å². The fraction of sp³-hybridized carbons (Fsp3) is 0.571. The van der Waals surface area contributed by atoms with Crippen molar-refractivity contribution in [1.82, 2.24) is 15.3 Å². The number of rotatable bonds is 5. The van der Waals surface area contributed by atoms with Gasteiger partial charge in [-0.1, -0.05) is 34.8 Å². The van der Waals surface area contributed by atoms with E-state index in [9.17, 15) is 4.79 Å². The van der Waals surface area contributed by atoms with Crippen LogP contribution in [0.5, 0.6) is 0 Å². The van der Waals surface area contributed by atoms with Gasteiger partial charge in [0, 0.05) is 31.7 Å². The molecule has 2 aromatic rings. The summed E-state index contributed by atoms with van der Waals surface area (Å²) in [5.41, 5.74) is 2.47. The Morgan fingerprint density at radius 2 is 1.68 bits per heavy atom. The normalized spacial score (nSPS) is 20.8. The van der Waals surface area contributed by atoms with Crippen LogP contribution in [0.2, 0.25) is 14.4 Å². The van der Waals surface area contributed by atoms with E-state index in [1.54, 1.807) is 0 Å². The van der Waals surface area contributed by atoms with Crippen LogP contribution in [-0.2, 0) is 12.8 Å². The Morgan fingerprint density at radius 1 is 1.00 bits per heavy atom. The van der Waals surface area contributed by atoms with Gasteiger partial charge in [0.15, 0.2) is 0 Å². The minimum atomic E-state index is -0.214. The molecule has 0 aliphatic heterocycles. The summed E-state index contributed by atoms with van der Waals surface area (Å²) in [6.07, 6.45) is 8.08. The van der Waals surface area contributed by atoms with Gasteiger partial charge in [-0.3, -0.25) is 4.79 Å². The molecule has 0 saturated heterocycles. The third-order valence-corrected chi connectivity index (χ3v) is 8.51. The van der Waals surface area contributed by atoms with E-state index in [4.69, 9.17) is 44.8 Å². The first-order chi connectivity index (χ1) is 14.8. The van der Waals surface area contributed by atoms with Crippen LogP contribution in [0, 0.1) is 0 Å². The van der Waals surface area contributed by atoms with Crippen molar-refractivity contribution in [2.75, 3.05) is 24.3 Å². The zero-order chi connectivity index (χ0) is 22.1. The number of hydrogen-bond donors (Lipinski definition) is 2. The molecular weight excluding hydrogens is 477 g/mol. The number of amides is 1. The number of anilines is 2. The second kappa shape index (κ2) is 9.69. The van der Waals surface area contributed by atoms with Crippen LogP contribution in [0.25, 0.3) is 0 Å². The lowest BCUT2D eigenvalue weighted by Crippen LogP contribution is -2.40. The number of aryl methyl sites for hydroxylation is 1. The maximum absolute atomic E-state index is 12.6. The SMILES string of the molecule is CN(C)c1nc(N[C@H]2CC[C@@H](NC(=O)c3sc(Cl)c(Cl)c3Cl)CC2)nc2c1CCCC2. The third-order valence-electron chi connectivity index (χ3n) is 5.94. The smallest absolute Gasteiger partial charge is 0.263 e. The average Bonchev–Trinajstić information content (AvgIpc) is 3.02. The number of thiophene rings is 1. The summed E-state index contributed by atoms with van der Waals surface area (Å²) in [7, 11) is 4.07. The van der Waals surface area contributed by atoms with Crippen LogP contribution in [0.4, 0.5) is 11.8 Å². The van der Waals surface area contributed by atoms with Crippen LogP contribution in [0.15, 0.2) is 0 Å². The van der Waals surface area contributed by atoms with Crippen molar-refractivity contribution in [2.24, 2.45) is 0 Å². The number of carbonyl (C=O) groups excluding carboxylic acids is 1. The minimum absolute atomic E-state index is 0.100. The molecule has 6 nitrogen and oxygen atoms in total. The van der Waals surface area contributed by atoms with Gasteiger partial charge in [-0.25, -0.2) is 4.98 Å². The molecule has 2 aliphatic carbocycles. The first kappa shape index (κ1) is 22.9. The van der Waals surface area contributed by atoms with E-state index >= 15 is 0 Å². The number of nitrogens with zero attached hydrogens (tertiary/aromatic N) is 3. The Hall–Kier alpha value is -1.28. The highest BCUT2D eigenvalue weighted by molar-refractivity contribution is 7.19. The van der Waals surface area contributed by atoms with Gasteiger partial charge in [-0.15, -0.1) is 11.3 Å². The van der Waals surface area contributed by atoms with Gasteiger partial charge in [0.25, 0.3) is 5.91 Å². The van der Waals surface area contributed by atoms with Crippen LogP contribution >= 0.6 is 46.1 Å². The second-order valence-electron chi connectivity index (χ2n) is 8.40. The Kier molecular flexibility index (Phi) is 7.16. The molecular formula is C21H26Cl3N5OS. The quantitative estimate of drug-likeness (QED) is 0.557. The van der Waals surface area contributed by atoms with E-state index in [0.29, 0.717) is 21.2 Å². The predicted octanol–water partition coefficient (Wildman–Crippen LogP) is 5.60. The Morgan fingerprint density at radius 3 is 2.32 bits per heavy atom. The summed E-state index contributed by atoms with van der Waals surface area (Å²) >= 11 is 19.2. The van der Waals surface area contributed by atoms with Crippen molar-refractivity contribution in [3.8, 4) is 0 Å². The van der Waals surface area contributed by atoms with E-state index in [1.165, 1.54) is 24.1 Å². The van der Waals surface area contributed by atoms with Crippen molar-refractivity contribution >= 4 is 63.8 Å². The molecule has 10 heteroatoms. The number of carbonyl (C=O) groups is 1. The van der Waals surface area contributed by atoms with Crippen LogP contribution in [0.3, 0.4) is 0 Å². The molecule has 2 N–H and O–H groups in total. The molecule has 1 amide bonds. The second-order valence-corrected chi connectivity index (χ2v) is 10.8. The third kappa shape index (κ3) is 5.05. The number of fused-ring (bicyclic) bond motifs is 1. The maximum atomic E-state index is 12.6. The van der Waals surface area contributed by atoms with Gasteiger partial charge in [0.05, 0.1) is 15.7 Å². The van der Waals surface area contributed by atoms with E-state index < -0.39 is 0 Å². The Bertz CT molecular complexity index is 972. The Balaban J connectivity index is 1.36. The molecule has 0 bridgehead atoms. The highest BCUT2D eigenvalue weighted by atomic mass is 35.5. The van der Waals surface area contributed by atoms with Crippen LogP contribution < -0.4 is 15.5 Å². The highest BCUT2D eigenvalue weighted by Gasteiger charge is 2.27. The average molecular weight is 503 g/mol. The van der Waals surface area contributed by atoms with Crippen molar-refractivity contribution in [2.45, 2.75) is 63.5 Å². The molecule has 4 rings (SSSR count). The van der Waals surface area contributed by atoms with Gasteiger partial charge in [0.1, 0.15) is 15.0 Å². The fourth-order valence-electron chi connectivity index (χ4n) is 4.34. The van der Waals surface area contributed by atoms with Crippen molar-refractivity contribution < 1.29 is 4.79 Å². The van der Waals surface area contributed by atoms with E-state index in [-0.39, 0.29) is 22.0 Å². The standard InChI is InChI=1S/C21H26Cl3N5OS/c1-29(2)19-13-5-3-4-6-14(13)27-21(28-19)26-12-9-7-11(8-10-12)25-20(30)17-15(22)16(23)18(24)31-17/h11-12H,3-10H2,1-2H3,(H,25,30)(H,26,27,28)/t11-,12+. The summed E-state index contributed by atoms with van der Waals surface area (Å²) in [6.45, 7) is 0. The molecule has 0 spiro atoms. The molecule has 2 aromatic heterocycles. The maximum Gasteiger partial charge on any atom is 0.263 e. The zero-order valence-electron chi connectivity index (χ0n) is 17.6. The Labute approximate surface area is 201 Å². The molecule has 0 aromatic carbocycles. The molecule has 31 heavy (non-hydrogen) atoms. The van der Waals surface area contributed by atoms with Crippen molar-refractivity contribution in [3.05, 3.63) is 30.5 Å². The van der Waals surface area contributed by atoms with Gasteiger partial charge >= 0.3 is 0 Å². The van der Waals surface area contributed by atoms with Gasteiger partial charge in [-0.2, -0.15) is 4.98 Å². The topological polar surface area (TPSA) is 70.2 Å². The molecule has 168 valence electrons. The van der Waals surface area contributed by atoms with E-state index in [0.717, 1.165) is 55.7 Å². The summed E-state index contributed by atoms with van der Waals surface area (Å²) in [4.78, 5) is 24.6. The summed E-state index contributed by atoms with van der Waals surface area (Å²) in [5, 5.41) is 7.08. The van der Waals surface area contributed by atoms with Crippen LogP contribution in [-0.4, -0.2) is 42.1 Å². The monoisotopic (exact) mass is 501 g/mol. The molecule has 0 atom stereocenters. The summed E-state index contributed by atoms with van der Waals surface area (Å²) in [6, 6.07) is 0.391. The first-order valence-corrected chi connectivity index (χ1v) is 12.6. The number of halogens is 3. The lowest BCUT2D eigenvalue weighted by Gasteiger charge is -2.30.